The van der Waals surface area contributed by atoms with Crippen molar-refractivity contribution >= 4 is 11.8 Å². The summed E-state index contributed by atoms with van der Waals surface area (Å²) in [6.07, 6.45) is 1.71. The molecule has 1 N–H and O–H groups in total. The van der Waals surface area contributed by atoms with Crippen LogP contribution >= 0.6 is 0 Å². The van der Waals surface area contributed by atoms with Crippen molar-refractivity contribution in [3.8, 4) is 0 Å². The summed E-state index contributed by atoms with van der Waals surface area (Å²) in [6.45, 7) is 0. The first-order chi connectivity index (χ1) is 8.13. The molecule has 90 valence electrons. The van der Waals surface area contributed by atoms with Crippen molar-refractivity contribution in [2.75, 3.05) is 7.11 Å². The highest BCUT2D eigenvalue weighted by molar-refractivity contribution is 5.97. The Bertz CT molecular complexity index is 420. The summed E-state index contributed by atoms with van der Waals surface area (Å²) in [5.41, 5.74) is 1.03. The van der Waals surface area contributed by atoms with Gasteiger partial charge in [-0.25, -0.2) is 4.79 Å². The highest BCUT2D eigenvalue weighted by Gasteiger charge is 2.09. The van der Waals surface area contributed by atoms with Gasteiger partial charge in [-0.15, -0.1) is 0 Å². The van der Waals surface area contributed by atoms with E-state index in [0.717, 1.165) is 18.7 Å². The summed E-state index contributed by atoms with van der Waals surface area (Å²) in [7, 11) is 1.14. The van der Waals surface area contributed by atoms with Crippen LogP contribution in [0.3, 0.4) is 0 Å². The molecule has 0 aliphatic heterocycles. The standard InChI is InChI=1S/C13H14O4/c1-17-13(16)12(15)9-11(14)8-7-10-5-3-2-4-6-10/h2-6,9,15H,7-8H2,1H3/b12-9-. The van der Waals surface area contributed by atoms with E-state index >= 15 is 0 Å². The first-order valence-corrected chi connectivity index (χ1v) is 5.19. The minimum atomic E-state index is -0.905. The van der Waals surface area contributed by atoms with Crippen LogP contribution in [0.2, 0.25) is 0 Å². The predicted octanol–water partition coefficient (Wildman–Crippen LogP) is 1.80. The maximum atomic E-state index is 11.4. The third kappa shape index (κ3) is 4.51. The van der Waals surface area contributed by atoms with Crippen LogP contribution in [0.1, 0.15) is 12.0 Å². The van der Waals surface area contributed by atoms with Crippen LogP contribution in [0.5, 0.6) is 0 Å². The molecule has 0 heterocycles. The number of ether oxygens (including phenoxy) is 1. The molecule has 0 radical (unpaired) electrons. The predicted molar refractivity (Wildman–Crippen MR) is 62.5 cm³/mol. The lowest BCUT2D eigenvalue weighted by molar-refractivity contribution is -0.139. The Morgan fingerprint density at radius 3 is 2.53 bits per heavy atom. The number of methoxy groups -OCH3 is 1. The van der Waals surface area contributed by atoms with Crippen LogP contribution in [0.4, 0.5) is 0 Å². The van der Waals surface area contributed by atoms with Crippen LogP contribution in [-0.4, -0.2) is 24.0 Å². The van der Waals surface area contributed by atoms with Gasteiger partial charge >= 0.3 is 5.97 Å². The number of aryl methyl sites for hydroxylation is 1. The van der Waals surface area contributed by atoms with Crippen molar-refractivity contribution in [1.82, 2.24) is 0 Å². The number of hydrogen-bond donors (Lipinski definition) is 1. The van der Waals surface area contributed by atoms with Gasteiger partial charge in [-0.05, 0) is 12.0 Å². The summed E-state index contributed by atoms with van der Waals surface area (Å²) in [5.74, 6) is -1.87. The number of rotatable bonds is 5. The maximum Gasteiger partial charge on any atom is 0.373 e. The SMILES string of the molecule is COC(=O)/C(O)=C/C(=O)CCc1ccccc1. The lowest BCUT2D eigenvalue weighted by Gasteiger charge is -1.99. The first-order valence-electron chi connectivity index (χ1n) is 5.19. The second-order valence-electron chi connectivity index (χ2n) is 3.47. The average molecular weight is 234 g/mol. The topological polar surface area (TPSA) is 63.6 Å². The lowest BCUT2D eigenvalue weighted by atomic mass is 10.1. The summed E-state index contributed by atoms with van der Waals surface area (Å²) in [5, 5.41) is 9.15. The number of allylic oxidation sites excluding steroid dienone is 1. The fraction of sp³-hybridized carbons (Fsp3) is 0.231. The molecule has 0 fully saturated rings. The largest absolute Gasteiger partial charge is 0.502 e. The Labute approximate surface area is 99.5 Å². The molecule has 0 bridgehead atoms. The Morgan fingerprint density at radius 2 is 1.94 bits per heavy atom. The zero-order valence-corrected chi connectivity index (χ0v) is 9.55. The maximum absolute atomic E-state index is 11.4. The van der Waals surface area contributed by atoms with E-state index in [-0.39, 0.29) is 12.2 Å². The van der Waals surface area contributed by atoms with Crippen molar-refractivity contribution in [2.24, 2.45) is 0 Å². The molecule has 17 heavy (non-hydrogen) atoms. The Hall–Kier alpha value is -2.10. The number of ketones is 1. The van der Waals surface area contributed by atoms with Gasteiger partial charge in [-0.3, -0.25) is 4.79 Å². The van der Waals surface area contributed by atoms with E-state index in [2.05, 4.69) is 4.74 Å². The van der Waals surface area contributed by atoms with Gasteiger partial charge in [-0.1, -0.05) is 30.3 Å². The number of carbonyl (C=O) groups is 2. The third-order valence-electron chi connectivity index (χ3n) is 2.20. The van der Waals surface area contributed by atoms with Gasteiger partial charge in [0.2, 0.25) is 5.76 Å². The van der Waals surface area contributed by atoms with Crippen molar-refractivity contribution in [1.29, 1.82) is 0 Å². The molecule has 1 rings (SSSR count). The quantitative estimate of drug-likeness (QED) is 0.479. The molecule has 0 spiro atoms. The van der Waals surface area contributed by atoms with E-state index in [1.165, 1.54) is 0 Å². The molecular weight excluding hydrogens is 220 g/mol. The average Bonchev–Trinajstić information content (AvgIpc) is 2.36. The van der Waals surface area contributed by atoms with Crippen LogP contribution in [-0.2, 0) is 20.7 Å². The molecule has 0 amide bonds. The summed E-state index contributed by atoms with van der Waals surface area (Å²) < 4.78 is 4.27. The molecule has 4 nitrogen and oxygen atoms in total. The van der Waals surface area contributed by atoms with Crippen LogP contribution in [0, 0.1) is 0 Å². The lowest BCUT2D eigenvalue weighted by Crippen LogP contribution is -2.07. The molecule has 0 unspecified atom stereocenters. The minimum Gasteiger partial charge on any atom is -0.502 e. The number of benzene rings is 1. The molecule has 4 heteroatoms. The van der Waals surface area contributed by atoms with Gasteiger partial charge < -0.3 is 9.84 Å². The molecule has 0 saturated heterocycles. The van der Waals surface area contributed by atoms with Crippen molar-refractivity contribution in [2.45, 2.75) is 12.8 Å². The van der Waals surface area contributed by atoms with Crippen molar-refractivity contribution in [3.05, 3.63) is 47.7 Å². The van der Waals surface area contributed by atoms with Crippen molar-refractivity contribution < 1.29 is 19.4 Å². The monoisotopic (exact) mass is 234 g/mol. The minimum absolute atomic E-state index is 0.241. The number of carbonyl (C=O) groups excluding carboxylic acids is 2. The third-order valence-corrected chi connectivity index (χ3v) is 2.20. The summed E-state index contributed by atoms with van der Waals surface area (Å²) in [6, 6.07) is 9.51. The normalized spacial score (nSPS) is 11.0. The molecule has 1 aromatic rings. The molecule has 0 atom stereocenters. The molecule has 1 aromatic carbocycles. The number of hydrogen-bond acceptors (Lipinski definition) is 4. The molecule has 0 aliphatic rings. The second kappa shape index (κ2) is 6.48. The van der Waals surface area contributed by atoms with E-state index in [9.17, 15) is 9.59 Å². The van der Waals surface area contributed by atoms with Crippen molar-refractivity contribution in [3.63, 3.8) is 0 Å². The molecular formula is C13H14O4. The smallest absolute Gasteiger partial charge is 0.373 e. The Balaban J connectivity index is 2.48. The number of aliphatic hydroxyl groups is 1. The fourth-order valence-corrected chi connectivity index (χ4v) is 1.30. The van der Waals surface area contributed by atoms with Gasteiger partial charge in [0, 0.05) is 12.5 Å². The van der Waals surface area contributed by atoms with Gasteiger partial charge in [-0.2, -0.15) is 0 Å². The highest BCUT2D eigenvalue weighted by Crippen LogP contribution is 2.04. The van der Waals surface area contributed by atoms with Gasteiger partial charge in [0.1, 0.15) is 0 Å². The Kier molecular flexibility index (Phi) is 4.94. The molecule has 0 saturated carbocycles. The van der Waals surface area contributed by atoms with E-state index in [0.29, 0.717) is 6.42 Å². The van der Waals surface area contributed by atoms with Gasteiger partial charge in [0.25, 0.3) is 0 Å². The van der Waals surface area contributed by atoms with E-state index < -0.39 is 11.7 Å². The second-order valence-corrected chi connectivity index (χ2v) is 3.47. The van der Waals surface area contributed by atoms with Crippen LogP contribution < -0.4 is 0 Å². The summed E-state index contributed by atoms with van der Waals surface area (Å²) in [4.78, 5) is 22.2. The van der Waals surface area contributed by atoms with E-state index in [4.69, 9.17) is 5.11 Å². The van der Waals surface area contributed by atoms with E-state index in [1.54, 1.807) is 0 Å². The number of aliphatic hydroxyl groups excluding tert-OH is 1. The van der Waals surface area contributed by atoms with Gasteiger partial charge in [0.15, 0.2) is 5.78 Å². The first kappa shape index (κ1) is 13.0. The molecule has 0 aliphatic carbocycles. The molecule has 0 aromatic heterocycles. The number of esters is 1. The zero-order chi connectivity index (χ0) is 12.7. The zero-order valence-electron chi connectivity index (χ0n) is 9.55. The summed E-state index contributed by atoms with van der Waals surface area (Å²) >= 11 is 0. The Morgan fingerprint density at radius 1 is 1.29 bits per heavy atom. The fourth-order valence-electron chi connectivity index (χ4n) is 1.30. The van der Waals surface area contributed by atoms with Gasteiger partial charge in [0.05, 0.1) is 7.11 Å². The highest BCUT2D eigenvalue weighted by atomic mass is 16.5. The van der Waals surface area contributed by atoms with E-state index in [1.807, 2.05) is 30.3 Å². The van der Waals surface area contributed by atoms with Crippen LogP contribution in [0.15, 0.2) is 42.2 Å². The van der Waals surface area contributed by atoms with Crippen LogP contribution in [0.25, 0.3) is 0 Å².